The van der Waals surface area contributed by atoms with E-state index in [1.165, 1.54) is 6.07 Å². The topological polar surface area (TPSA) is 61.0 Å². The first-order valence-electron chi connectivity index (χ1n) is 4.79. The molecule has 1 aromatic heterocycles. The summed E-state index contributed by atoms with van der Waals surface area (Å²) in [4.78, 5) is 0. The lowest BCUT2D eigenvalue weighted by atomic mass is 10.2. The first-order valence-corrected chi connectivity index (χ1v) is 5.54. The second-order valence-corrected chi connectivity index (χ2v) is 4.19. The number of aryl methyl sites for hydroxylation is 1. The molecule has 0 aliphatic heterocycles. The summed E-state index contributed by atoms with van der Waals surface area (Å²) in [6.45, 7) is 1.88. The summed E-state index contributed by atoms with van der Waals surface area (Å²) in [5.41, 5.74) is 7.22. The molecule has 0 radical (unpaired) electrons. The van der Waals surface area contributed by atoms with Crippen molar-refractivity contribution >= 4 is 28.9 Å². The molecule has 0 unspecified atom stereocenters. The maximum atomic E-state index is 5.85. The molecule has 0 spiro atoms. The van der Waals surface area contributed by atoms with Crippen LogP contribution >= 0.6 is 23.2 Å². The van der Waals surface area contributed by atoms with Crippen molar-refractivity contribution in [3.8, 4) is 11.5 Å². The van der Waals surface area contributed by atoms with Crippen molar-refractivity contribution in [3.05, 3.63) is 40.1 Å². The van der Waals surface area contributed by atoms with Crippen molar-refractivity contribution in [1.29, 1.82) is 0 Å². The van der Waals surface area contributed by atoms with Crippen molar-refractivity contribution in [1.82, 2.24) is 10.2 Å². The number of rotatable bonds is 2. The van der Waals surface area contributed by atoms with E-state index >= 15 is 0 Å². The SMILES string of the molecule is Cc1cc(N)ccc1Oc1cc(Cl)nnc1Cl. The molecule has 0 aliphatic carbocycles. The highest BCUT2D eigenvalue weighted by Gasteiger charge is 2.08. The zero-order chi connectivity index (χ0) is 12.4. The molecule has 2 N–H and O–H groups in total. The fraction of sp³-hybridized carbons (Fsp3) is 0.0909. The van der Waals surface area contributed by atoms with Gasteiger partial charge in [-0.15, -0.1) is 10.2 Å². The number of halogens is 2. The van der Waals surface area contributed by atoms with Crippen LogP contribution in [0.1, 0.15) is 5.56 Å². The molecule has 1 aromatic carbocycles. The molecular formula is C11H9Cl2N3O. The van der Waals surface area contributed by atoms with Gasteiger partial charge in [-0.1, -0.05) is 23.2 Å². The smallest absolute Gasteiger partial charge is 0.194 e. The Morgan fingerprint density at radius 1 is 1.12 bits per heavy atom. The molecule has 0 atom stereocenters. The molecule has 0 saturated heterocycles. The largest absolute Gasteiger partial charge is 0.454 e. The summed E-state index contributed by atoms with van der Waals surface area (Å²) in [6.07, 6.45) is 0. The van der Waals surface area contributed by atoms with Gasteiger partial charge in [-0.2, -0.15) is 0 Å². The number of aromatic nitrogens is 2. The van der Waals surface area contributed by atoms with Crippen LogP contribution in [0.4, 0.5) is 5.69 Å². The summed E-state index contributed by atoms with van der Waals surface area (Å²) in [6, 6.07) is 6.81. The first-order chi connectivity index (χ1) is 8.06. The van der Waals surface area contributed by atoms with Crippen molar-refractivity contribution < 1.29 is 4.74 Å². The van der Waals surface area contributed by atoms with Gasteiger partial charge in [-0.25, -0.2) is 0 Å². The van der Waals surface area contributed by atoms with Crippen LogP contribution in [0.3, 0.4) is 0 Å². The third kappa shape index (κ3) is 2.78. The van der Waals surface area contributed by atoms with Gasteiger partial charge in [-0.05, 0) is 30.7 Å². The van der Waals surface area contributed by atoms with Crippen LogP contribution in [0.5, 0.6) is 11.5 Å². The van der Waals surface area contributed by atoms with Crippen molar-refractivity contribution in [2.45, 2.75) is 6.92 Å². The monoisotopic (exact) mass is 269 g/mol. The van der Waals surface area contributed by atoms with E-state index in [1.807, 2.05) is 6.92 Å². The highest BCUT2D eigenvalue weighted by Crippen LogP contribution is 2.31. The van der Waals surface area contributed by atoms with Gasteiger partial charge in [0.1, 0.15) is 5.75 Å². The predicted molar refractivity (Wildman–Crippen MR) is 67.7 cm³/mol. The van der Waals surface area contributed by atoms with Crippen LogP contribution in [0, 0.1) is 6.92 Å². The molecule has 0 saturated carbocycles. The van der Waals surface area contributed by atoms with Gasteiger partial charge < -0.3 is 10.5 Å². The molecule has 17 heavy (non-hydrogen) atoms. The number of nitrogens with zero attached hydrogens (tertiary/aromatic N) is 2. The van der Waals surface area contributed by atoms with Crippen LogP contribution in [0.15, 0.2) is 24.3 Å². The summed E-state index contributed by atoms with van der Waals surface area (Å²) in [5.74, 6) is 1.00. The molecule has 2 rings (SSSR count). The molecule has 0 amide bonds. The highest BCUT2D eigenvalue weighted by molar-refractivity contribution is 6.32. The number of hydrogen-bond donors (Lipinski definition) is 1. The average Bonchev–Trinajstić information content (AvgIpc) is 2.27. The predicted octanol–water partition coefficient (Wildman–Crippen LogP) is 3.47. The van der Waals surface area contributed by atoms with Crippen molar-refractivity contribution in [2.24, 2.45) is 0 Å². The quantitative estimate of drug-likeness (QED) is 0.849. The normalized spacial score (nSPS) is 10.3. The summed E-state index contributed by atoms with van der Waals surface area (Å²) < 4.78 is 5.60. The van der Waals surface area contributed by atoms with Crippen LogP contribution in [-0.2, 0) is 0 Å². The van der Waals surface area contributed by atoms with Crippen LogP contribution in [0.25, 0.3) is 0 Å². The fourth-order valence-electron chi connectivity index (χ4n) is 1.31. The zero-order valence-electron chi connectivity index (χ0n) is 8.95. The van der Waals surface area contributed by atoms with E-state index in [2.05, 4.69) is 10.2 Å². The van der Waals surface area contributed by atoms with Gasteiger partial charge in [0.2, 0.25) is 0 Å². The van der Waals surface area contributed by atoms with E-state index < -0.39 is 0 Å². The Morgan fingerprint density at radius 3 is 2.59 bits per heavy atom. The lowest BCUT2D eigenvalue weighted by Crippen LogP contribution is -1.93. The number of anilines is 1. The second kappa shape index (κ2) is 4.77. The molecule has 2 aromatic rings. The lowest BCUT2D eigenvalue weighted by Gasteiger charge is -2.09. The standard InChI is InChI=1S/C11H9Cl2N3O/c1-6-4-7(14)2-3-8(6)17-9-5-10(12)15-16-11(9)13/h2-5H,14H2,1H3. The third-order valence-corrected chi connectivity index (χ3v) is 2.55. The Balaban J connectivity index is 2.34. The Labute approximate surface area is 108 Å². The van der Waals surface area contributed by atoms with Crippen LogP contribution in [-0.4, -0.2) is 10.2 Å². The van der Waals surface area contributed by atoms with E-state index in [0.29, 0.717) is 17.2 Å². The highest BCUT2D eigenvalue weighted by atomic mass is 35.5. The van der Waals surface area contributed by atoms with Crippen molar-refractivity contribution in [3.63, 3.8) is 0 Å². The molecule has 0 fully saturated rings. The molecule has 88 valence electrons. The van der Waals surface area contributed by atoms with Gasteiger partial charge in [0.25, 0.3) is 0 Å². The summed E-state index contributed by atoms with van der Waals surface area (Å²) in [5, 5.41) is 7.63. The van der Waals surface area contributed by atoms with Gasteiger partial charge in [-0.3, -0.25) is 0 Å². The zero-order valence-corrected chi connectivity index (χ0v) is 10.5. The lowest BCUT2D eigenvalue weighted by molar-refractivity contribution is 0.475. The van der Waals surface area contributed by atoms with E-state index in [-0.39, 0.29) is 10.3 Å². The van der Waals surface area contributed by atoms with E-state index in [0.717, 1.165) is 5.56 Å². The fourth-order valence-corrected chi connectivity index (χ4v) is 1.58. The Bertz CT molecular complexity index is 560. The van der Waals surface area contributed by atoms with Crippen LogP contribution < -0.4 is 10.5 Å². The second-order valence-electron chi connectivity index (χ2n) is 3.45. The number of nitrogens with two attached hydrogens (primary N) is 1. The summed E-state index contributed by atoms with van der Waals surface area (Å²) >= 11 is 11.6. The van der Waals surface area contributed by atoms with E-state index in [4.69, 9.17) is 33.7 Å². The van der Waals surface area contributed by atoms with Crippen LogP contribution in [0.2, 0.25) is 10.3 Å². The maximum absolute atomic E-state index is 5.85. The molecule has 1 heterocycles. The molecule has 4 nitrogen and oxygen atoms in total. The molecular weight excluding hydrogens is 261 g/mol. The molecule has 0 aliphatic rings. The number of hydrogen-bond acceptors (Lipinski definition) is 4. The molecule has 6 heteroatoms. The van der Waals surface area contributed by atoms with Gasteiger partial charge in [0.05, 0.1) is 0 Å². The maximum Gasteiger partial charge on any atom is 0.194 e. The minimum atomic E-state index is 0.158. The minimum Gasteiger partial charge on any atom is -0.454 e. The first kappa shape index (κ1) is 12.0. The number of ether oxygens (including phenoxy) is 1. The average molecular weight is 270 g/mol. The van der Waals surface area contributed by atoms with Gasteiger partial charge in [0.15, 0.2) is 16.1 Å². The Hall–Kier alpha value is -1.52. The minimum absolute atomic E-state index is 0.158. The summed E-state index contributed by atoms with van der Waals surface area (Å²) in [7, 11) is 0. The van der Waals surface area contributed by atoms with Gasteiger partial charge in [0, 0.05) is 11.8 Å². The molecule has 0 bridgehead atoms. The number of benzene rings is 1. The number of nitrogen functional groups attached to an aromatic ring is 1. The Morgan fingerprint density at radius 2 is 1.88 bits per heavy atom. The van der Waals surface area contributed by atoms with E-state index in [9.17, 15) is 0 Å². The van der Waals surface area contributed by atoms with Gasteiger partial charge >= 0.3 is 0 Å². The van der Waals surface area contributed by atoms with Crippen molar-refractivity contribution in [2.75, 3.05) is 5.73 Å². The Kier molecular flexibility index (Phi) is 3.36. The van der Waals surface area contributed by atoms with E-state index in [1.54, 1.807) is 18.2 Å². The third-order valence-electron chi connectivity index (χ3n) is 2.11.